The monoisotopic (exact) mass is 252 g/mol. The molecule has 0 radical (unpaired) electrons. The number of ether oxygens (including phenoxy) is 2. The van der Waals surface area contributed by atoms with Crippen molar-refractivity contribution in [1.29, 1.82) is 0 Å². The number of rotatable bonds is 11. The Kier molecular flexibility index (Phi) is 12.9. The molecule has 0 bridgehead atoms. The van der Waals surface area contributed by atoms with E-state index in [1.54, 1.807) is 0 Å². The Morgan fingerprint density at radius 3 is 2.20 bits per heavy atom. The van der Waals surface area contributed by atoms with Crippen molar-refractivity contribution >= 4 is 22.4 Å². The number of hydrogen-bond donors (Lipinski definition) is 1. The third kappa shape index (κ3) is 10.7. The van der Waals surface area contributed by atoms with Crippen LogP contribution in [0.5, 0.6) is 0 Å². The molecule has 5 heteroatoms. The lowest BCUT2D eigenvalue weighted by Crippen LogP contribution is -2.24. The fraction of sp³-hybridized carbons (Fsp3) is 1.00. The lowest BCUT2D eigenvalue weighted by atomic mass is 10.5. The van der Waals surface area contributed by atoms with Crippen LogP contribution in [-0.4, -0.2) is 35.2 Å². The molecule has 0 aromatic heterocycles. The van der Waals surface area contributed by atoms with Crippen molar-refractivity contribution in [2.24, 2.45) is 0 Å². The van der Waals surface area contributed by atoms with Gasteiger partial charge in [-0.1, -0.05) is 13.8 Å². The molecule has 0 aliphatic rings. The van der Waals surface area contributed by atoms with Crippen molar-refractivity contribution < 1.29 is 13.9 Å². The molecule has 0 aromatic carbocycles. The van der Waals surface area contributed by atoms with E-state index < -0.39 is 16.2 Å². The summed E-state index contributed by atoms with van der Waals surface area (Å²) in [5.74, 6) is 0.937. The summed E-state index contributed by atoms with van der Waals surface area (Å²) in [6, 6.07) is 1.14. The zero-order valence-corrected chi connectivity index (χ0v) is 12.2. The van der Waals surface area contributed by atoms with E-state index in [1.165, 1.54) is 0 Å². The maximum absolute atomic E-state index is 5.61. The van der Waals surface area contributed by atoms with Crippen LogP contribution in [0.3, 0.4) is 0 Å². The van der Waals surface area contributed by atoms with Crippen LogP contribution in [-0.2, 0) is 13.9 Å². The molecule has 0 atom stereocenters. The van der Waals surface area contributed by atoms with E-state index in [4.69, 9.17) is 13.9 Å². The van der Waals surface area contributed by atoms with E-state index in [9.17, 15) is 0 Å². The minimum absolute atomic E-state index is 0.420. The SMILES string of the molecule is CCCOC(OCCC)O[SiH2]CCCS. The Hall–Kier alpha value is 0.447. The summed E-state index contributed by atoms with van der Waals surface area (Å²) in [6.07, 6.45) is 3.12. The van der Waals surface area contributed by atoms with Gasteiger partial charge in [0.25, 0.3) is 6.48 Å². The minimum Gasteiger partial charge on any atom is -0.379 e. The molecule has 0 N–H and O–H groups in total. The Morgan fingerprint density at radius 2 is 1.73 bits per heavy atom. The van der Waals surface area contributed by atoms with E-state index in [0.717, 1.165) is 31.1 Å². The average Bonchev–Trinajstić information content (AvgIpc) is 2.27. The van der Waals surface area contributed by atoms with Crippen molar-refractivity contribution in [3.8, 4) is 0 Å². The largest absolute Gasteiger partial charge is 0.379 e. The second-order valence-electron chi connectivity index (χ2n) is 3.33. The molecular weight excluding hydrogens is 228 g/mol. The average molecular weight is 252 g/mol. The van der Waals surface area contributed by atoms with Gasteiger partial charge < -0.3 is 13.9 Å². The fourth-order valence-electron chi connectivity index (χ4n) is 0.966. The van der Waals surface area contributed by atoms with Crippen molar-refractivity contribution in [2.45, 2.75) is 45.6 Å². The molecule has 0 heterocycles. The van der Waals surface area contributed by atoms with Gasteiger partial charge in [0.05, 0.1) is 13.2 Å². The van der Waals surface area contributed by atoms with Crippen molar-refractivity contribution in [1.82, 2.24) is 0 Å². The molecule has 0 amide bonds. The van der Waals surface area contributed by atoms with Crippen LogP contribution in [0.4, 0.5) is 0 Å². The van der Waals surface area contributed by atoms with E-state index in [1.807, 2.05) is 0 Å². The Balaban J connectivity index is 3.49. The Labute approximate surface area is 101 Å². The van der Waals surface area contributed by atoms with Gasteiger partial charge in [0.15, 0.2) is 9.76 Å². The maximum Gasteiger partial charge on any atom is 0.261 e. The summed E-state index contributed by atoms with van der Waals surface area (Å²) < 4.78 is 16.5. The number of hydrogen-bond acceptors (Lipinski definition) is 4. The van der Waals surface area contributed by atoms with Crippen LogP contribution in [0.2, 0.25) is 6.04 Å². The first-order valence-electron chi connectivity index (χ1n) is 5.80. The topological polar surface area (TPSA) is 27.7 Å². The van der Waals surface area contributed by atoms with Crippen LogP contribution >= 0.6 is 12.6 Å². The molecule has 92 valence electrons. The third-order valence-electron chi connectivity index (χ3n) is 1.72. The second kappa shape index (κ2) is 12.5. The third-order valence-corrected chi connectivity index (χ3v) is 3.34. The molecule has 0 aliphatic carbocycles. The quantitative estimate of drug-likeness (QED) is 0.264. The highest BCUT2D eigenvalue weighted by molar-refractivity contribution is 7.80. The van der Waals surface area contributed by atoms with Gasteiger partial charge in [-0.2, -0.15) is 12.6 Å². The molecule has 0 aromatic rings. The summed E-state index contributed by atoms with van der Waals surface area (Å²) in [5, 5.41) is 0. The first-order chi connectivity index (χ1) is 7.35. The van der Waals surface area contributed by atoms with Gasteiger partial charge in [-0.05, 0) is 31.1 Å². The zero-order valence-electron chi connectivity index (χ0n) is 9.91. The molecule has 0 aliphatic heterocycles. The summed E-state index contributed by atoms with van der Waals surface area (Å²) >= 11 is 4.16. The molecule has 0 saturated carbocycles. The molecular formula is C10H24O3SSi. The van der Waals surface area contributed by atoms with E-state index in [-0.39, 0.29) is 0 Å². The highest BCUT2D eigenvalue weighted by atomic mass is 32.1. The van der Waals surface area contributed by atoms with Crippen molar-refractivity contribution in [3.63, 3.8) is 0 Å². The highest BCUT2D eigenvalue weighted by Gasteiger charge is 2.07. The predicted molar refractivity (Wildman–Crippen MR) is 69.2 cm³/mol. The second-order valence-corrected chi connectivity index (χ2v) is 5.23. The first kappa shape index (κ1) is 15.4. The first-order valence-corrected chi connectivity index (χ1v) is 8.01. The van der Waals surface area contributed by atoms with Crippen molar-refractivity contribution in [2.75, 3.05) is 19.0 Å². The molecule has 0 unspecified atom stereocenters. The summed E-state index contributed by atoms with van der Waals surface area (Å²) in [7, 11) is -0.502. The van der Waals surface area contributed by atoms with Crippen LogP contribution in [0.15, 0.2) is 0 Å². The molecule has 0 spiro atoms. The smallest absolute Gasteiger partial charge is 0.261 e. The van der Waals surface area contributed by atoms with Crippen LogP contribution < -0.4 is 0 Å². The molecule has 3 nitrogen and oxygen atoms in total. The van der Waals surface area contributed by atoms with Gasteiger partial charge in [-0.25, -0.2) is 0 Å². The summed E-state index contributed by atoms with van der Waals surface area (Å²) in [5.41, 5.74) is 0. The molecule has 0 fully saturated rings. The van der Waals surface area contributed by atoms with Crippen LogP contribution in [0, 0.1) is 0 Å². The molecule has 0 saturated heterocycles. The molecule has 0 rings (SSSR count). The maximum atomic E-state index is 5.61. The van der Waals surface area contributed by atoms with Gasteiger partial charge in [-0.3, -0.25) is 0 Å². The Morgan fingerprint density at radius 1 is 1.13 bits per heavy atom. The van der Waals surface area contributed by atoms with Gasteiger partial charge in [0, 0.05) is 0 Å². The minimum atomic E-state index is -0.502. The van der Waals surface area contributed by atoms with Crippen LogP contribution in [0.25, 0.3) is 0 Å². The predicted octanol–water partition coefficient (Wildman–Crippen LogP) is 1.96. The fourth-order valence-corrected chi connectivity index (χ4v) is 2.62. The summed E-state index contributed by atoms with van der Waals surface area (Å²) in [4.78, 5) is 0. The Bertz CT molecular complexity index is 119. The van der Waals surface area contributed by atoms with Gasteiger partial charge in [-0.15, -0.1) is 0 Å². The van der Waals surface area contributed by atoms with Crippen LogP contribution in [0.1, 0.15) is 33.1 Å². The van der Waals surface area contributed by atoms with Gasteiger partial charge in [0.2, 0.25) is 0 Å². The normalized spacial score (nSPS) is 12.0. The van der Waals surface area contributed by atoms with E-state index >= 15 is 0 Å². The lowest BCUT2D eigenvalue weighted by molar-refractivity contribution is -0.247. The summed E-state index contributed by atoms with van der Waals surface area (Å²) in [6.45, 7) is 5.14. The molecule has 15 heavy (non-hydrogen) atoms. The van der Waals surface area contributed by atoms with Gasteiger partial charge >= 0.3 is 0 Å². The lowest BCUT2D eigenvalue weighted by Gasteiger charge is -2.18. The number of thiol groups is 1. The van der Waals surface area contributed by atoms with E-state index in [2.05, 4.69) is 26.5 Å². The van der Waals surface area contributed by atoms with Crippen molar-refractivity contribution in [3.05, 3.63) is 0 Å². The standard InChI is InChI=1S/C10H24O3SSi/c1-3-6-11-10(12-7-4-2)13-15-9-5-8-14/h10,14H,3-9,15H2,1-2H3. The van der Waals surface area contributed by atoms with Gasteiger partial charge in [0.1, 0.15) is 0 Å². The highest BCUT2D eigenvalue weighted by Crippen LogP contribution is 2.01. The van der Waals surface area contributed by atoms with E-state index in [0.29, 0.717) is 13.2 Å². The zero-order chi connectivity index (χ0) is 11.4.